The molecule has 4 heteroatoms. The van der Waals surface area contributed by atoms with Crippen LogP contribution in [-0.4, -0.2) is 18.1 Å². The van der Waals surface area contributed by atoms with Crippen LogP contribution in [0.4, 0.5) is 5.69 Å². The lowest BCUT2D eigenvalue weighted by Gasteiger charge is -2.31. The first-order chi connectivity index (χ1) is 9.76. The Hall–Kier alpha value is -1.06. The molecule has 0 saturated carbocycles. The predicted octanol–water partition coefficient (Wildman–Crippen LogP) is 4.19. The zero-order valence-electron chi connectivity index (χ0n) is 11.7. The van der Waals surface area contributed by atoms with Crippen LogP contribution in [0.2, 0.25) is 0 Å². The minimum absolute atomic E-state index is 0.516. The number of thiazole rings is 1. The SMILES string of the molecule is Cc1ccc2c(c1)CCCN2CCc1nc(CCl)cs1. The fourth-order valence-electron chi connectivity index (χ4n) is 2.79. The maximum absolute atomic E-state index is 5.80. The summed E-state index contributed by atoms with van der Waals surface area (Å²) in [6, 6.07) is 6.82. The van der Waals surface area contributed by atoms with Crippen molar-refractivity contribution in [1.82, 2.24) is 4.98 Å². The van der Waals surface area contributed by atoms with Crippen LogP contribution in [0.1, 0.15) is 28.2 Å². The average molecular weight is 307 g/mol. The van der Waals surface area contributed by atoms with Crippen LogP contribution in [0.5, 0.6) is 0 Å². The number of nitrogens with zero attached hydrogens (tertiary/aromatic N) is 2. The summed E-state index contributed by atoms with van der Waals surface area (Å²) in [4.78, 5) is 7.04. The van der Waals surface area contributed by atoms with Crippen LogP contribution in [0.3, 0.4) is 0 Å². The van der Waals surface area contributed by atoms with Gasteiger partial charge in [0.25, 0.3) is 0 Å². The molecule has 1 aliphatic heterocycles. The Morgan fingerprint density at radius 3 is 3.10 bits per heavy atom. The lowest BCUT2D eigenvalue weighted by molar-refractivity contribution is 0.686. The summed E-state index contributed by atoms with van der Waals surface area (Å²) in [5.41, 5.74) is 5.27. The molecule has 20 heavy (non-hydrogen) atoms. The van der Waals surface area contributed by atoms with E-state index in [-0.39, 0.29) is 0 Å². The summed E-state index contributed by atoms with van der Waals surface area (Å²) in [5, 5.41) is 3.26. The first kappa shape index (κ1) is 13.9. The van der Waals surface area contributed by atoms with Gasteiger partial charge >= 0.3 is 0 Å². The summed E-state index contributed by atoms with van der Waals surface area (Å²) in [6.07, 6.45) is 3.47. The molecule has 0 fully saturated rings. The molecule has 0 amide bonds. The highest BCUT2D eigenvalue weighted by Crippen LogP contribution is 2.28. The van der Waals surface area contributed by atoms with Crippen LogP contribution in [0.25, 0.3) is 0 Å². The van der Waals surface area contributed by atoms with Crippen molar-refractivity contribution in [3.63, 3.8) is 0 Å². The standard InChI is InChI=1S/C16H19ClN2S/c1-12-4-5-15-13(9-12)3-2-7-19(15)8-6-16-18-14(10-17)11-20-16/h4-5,9,11H,2-3,6-8,10H2,1H3. The zero-order valence-corrected chi connectivity index (χ0v) is 13.3. The van der Waals surface area contributed by atoms with Gasteiger partial charge in [0.15, 0.2) is 0 Å². The Labute approximate surface area is 129 Å². The Bertz CT molecular complexity index is 594. The number of aromatic nitrogens is 1. The van der Waals surface area contributed by atoms with Gasteiger partial charge in [0.2, 0.25) is 0 Å². The van der Waals surface area contributed by atoms with Crippen molar-refractivity contribution in [3.8, 4) is 0 Å². The topological polar surface area (TPSA) is 16.1 Å². The van der Waals surface area contributed by atoms with Crippen LogP contribution in [0.15, 0.2) is 23.6 Å². The highest BCUT2D eigenvalue weighted by molar-refractivity contribution is 7.09. The van der Waals surface area contributed by atoms with Crippen molar-refractivity contribution < 1.29 is 0 Å². The third-order valence-electron chi connectivity index (χ3n) is 3.78. The molecule has 0 atom stereocenters. The molecule has 0 spiro atoms. The molecule has 1 aromatic carbocycles. The van der Waals surface area contributed by atoms with E-state index in [1.165, 1.54) is 34.7 Å². The number of anilines is 1. The van der Waals surface area contributed by atoms with E-state index in [1.807, 2.05) is 0 Å². The van der Waals surface area contributed by atoms with Crippen molar-refractivity contribution >= 4 is 28.6 Å². The smallest absolute Gasteiger partial charge is 0.0946 e. The van der Waals surface area contributed by atoms with Crippen molar-refractivity contribution in [3.05, 3.63) is 45.4 Å². The minimum atomic E-state index is 0.516. The van der Waals surface area contributed by atoms with Gasteiger partial charge in [-0.25, -0.2) is 4.98 Å². The normalized spacial score (nSPS) is 14.4. The van der Waals surface area contributed by atoms with Gasteiger partial charge in [0.05, 0.1) is 16.6 Å². The molecule has 0 bridgehead atoms. The second-order valence-corrected chi connectivity index (χ2v) is 6.55. The largest absolute Gasteiger partial charge is 0.371 e. The van der Waals surface area contributed by atoms with Gasteiger partial charge in [-0.05, 0) is 31.4 Å². The molecule has 0 aliphatic carbocycles. The quantitative estimate of drug-likeness (QED) is 0.788. The van der Waals surface area contributed by atoms with Crippen LogP contribution in [-0.2, 0) is 18.7 Å². The molecule has 1 aromatic heterocycles. The molecule has 2 heterocycles. The second kappa shape index (κ2) is 6.15. The van der Waals surface area contributed by atoms with E-state index >= 15 is 0 Å². The van der Waals surface area contributed by atoms with E-state index in [0.717, 1.165) is 25.2 Å². The zero-order chi connectivity index (χ0) is 13.9. The van der Waals surface area contributed by atoms with Gasteiger partial charge < -0.3 is 4.90 Å². The average Bonchev–Trinajstić information content (AvgIpc) is 2.92. The summed E-state index contributed by atoms with van der Waals surface area (Å²) in [5.74, 6) is 0.516. The predicted molar refractivity (Wildman–Crippen MR) is 87.1 cm³/mol. The first-order valence-corrected chi connectivity index (χ1v) is 8.51. The number of aryl methyl sites for hydroxylation is 2. The monoisotopic (exact) mass is 306 g/mol. The molecule has 0 unspecified atom stereocenters. The molecule has 0 radical (unpaired) electrons. The number of fused-ring (bicyclic) bond motifs is 1. The second-order valence-electron chi connectivity index (χ2n) is 5.34. The highest BCUT2D eigenvalue weighted by Gasteiger charge is 2.16. The van der Waals surface area contributed by atoms with Gasteiger partial charge in [-0.2, -0.15) is 0 Å². The Morgan fingerprint density at radius 1 is 1.40 bits per heavy atom. The third kappa shape index (κ3) is 2.99. The summed E-state index contributed by atoms with van der Waals surface area (Å²) in [7, 11) is 0. The van der Waals surface area contributed by atoms with E-state index in [9.17, 15) is 0 Å². The maximum Gasteiger partial charge on any atom is 0.0946 e. The number of benzene rings is 1. The van der Waals surface area contributed by atoms with Gasteiger partial charge in [-0.1, -0.05) is 17.7 Å². The lowest BCUT2D eigenvalue weighted by atomic mass is 9.99. The fraction of sp³-hybridized carbons (Fsp3) is 0.438. The van der Waals surface area contributed by atoms with E-state index in [0.29, 0.717) is 5.88 Å². The van der Waals surface area contributed by atoms with Crippen molar-refractivity contribution in [2.45, 2.75) is 32.1 Å². The van der Waals surface area contributed by atoms with E-state index < -0.39 is 0 Å². The number of hydrogen-bond donors (Lipinski definition) is 0. The molecule has 2 aromatic rings. The Morgan fingerprint density at radius 2 is 2.30 bits per heavy atom. The third-order valence-corrected chi connectivity index (χ3v) is 5.01. The molecule has 0 N–H and O–H groups in total. The molecule has 3 rings (SSSR count). The molecule has 0 saturated heterocycles. The summed E-state index contributed by atoms with van der Waals surface area (Å²) >= 11 is 7.53. The van der Waals surface area contributed by atoms with E-state index in [2.05, 4.69) is 40.4 Å². The molecular weight excluding hydrogens is 288 g/mol. The molecular formula is C16H19ClN2S. The summed E-state index contributed by atoms with van der Waals surface area (Å²) < 4.78 is 0. The van der Waals surface area contributed by atoms with Gasteiger partial charge in [0.1, 0.15) is 0 Å². The van der Waals surface area contributed by atoms with Crippen LogP contribution < -0.4 is 4.90 Å². The first-order valence-electron chi connectivity index (χ1n) is 7.10. The summed E-state index contributed by atoms with van der Waals surface area (Å²) in [6.45, 7) is 4.37. The molecule has 1 aliphatic rings. The fourth-order valence-corrected chi connectivity index (χ4v) is 3.81. The van der Waals surface area contributed by atoms with E-state index in [4.69, 9.17) is 11.6 Å². The lowest BCUT2D eigenvalue weighted by Crippen LogP contribution is -2.31. The van der Waals surface area contributed by atoms with Gasteiger partial charge in [-0.15, -0.1) is 22.9 Å². The number of hydrogen-bond acceptors (Lipinski definition) is 3. The minimum Gasteiger partial charge on any atom is -0.371 e. The molecule has 2 nitrogen and oxygen atoms in total. The van der Waals surface area contributed by atoms with Crippen molar-refractivity contribution in [1.29, 1.82) is 0 Å². The molecule has 106 valence electrons. The van der Waals surface area contributed by atoms with E-state index in [1.54, 1.807) is 11.3 Å². The van der Waals surface area contributed by atoms with Gasteiger partial charge in [0, 0.05) is 30.6 Å². The Balaban J connectivity index is 1.70. The van der Waals surface area contributed by atoms with Crippen LogP contribution in [0, 0.1) is 6.92 Å². The van der Waals surface area contributed by atoms with Gasteiger partial charge in [-0.3, -0.25) is 0 Å². The number of alkyl halides is 1. The van der Waals surface area contributed by atoms with Crippen molar-refractivity contribution in [2.24, 2.45) is 0 Å². The Kier molecular flexibility index (Phi) is 4.27. The number of halogens is 1. The highest BCUT2D eigenvalue weighted by atomic mass is 35.5. The van der Waals surface area contributed by atoms with Crippen LogP contribution >= 0.6 is 22.9 Å². The van der Waals surface area contributed by atoms with Crippen molar-refractivity contribution in [2.75, 3.05) is 18.0 Å². The number of rotatable bonds is 4. The maximum atomic E-state index is 5.80.